The highest BCUT2D eigenvalue weighted by molar-refractivity contribution is 6.30. The van der Waals surface area contributed by atoms with Crippen LogP contribution < -0.4 is 5.32 Å². The van der Waals surface area contributed by atoms with Crippen molar-refractivity contribution in [3.63, 3.8) is 0 Å². The molecule has 2 nitrogen and oxygen atoms in total. The highest BCUT2D eigenvalue weighted by Crippen LogP contribution is 2.15. The van der Waals surface area contributed by atoms with Crippen LogP contribution in [0.15, 0.2) is 42.5 Å². The van der Waals surface area contributed by atoms with E-state index in [0.29, 0.717) is 21.8 Å². The lowest BCUT2D eigenvalue weighted by molar-refractivity contribution is 0.102. The van der Waals surface area contributed by atoms with Crippen LogP contribution in [0.25, 0.3) is 0 Å². The van der Waals surface area contributed by atoms with Crippen molar-refractivity contribution in [1.29, 1.82) is 0 Å². The van der Waals surface area contributed by atoms with Gasteiger partial charge in [0, 0.05) is 16.3 Å². The summed E-state index contributed by atoms with van der Waals surface area (Å²) in [6.45, 7) is 1.62. The van der Waals surface area contributed by atoms with Gasteiger partial charge in [-0.25, -0.2) is 4.39 Å². The first-order valence-electron chi connectivity index (χ1n) is 5.39. The van der Waals surface area contributed by atoms with Gasteiger partial charge in [-0.3, -0.25) is 4.79 Å². The maximum atomic E-state index is 13.1. The molecule has 0 aliphatic rings. The van der Waals surface area contributed by atoms with E-state index in [1.54, 1.807) is 31.2 Å². The number of hydrogen-bond acceptors (Lipinski definition) is 1. The fourth-order valence-electron chi connectivity index (χ4n) is 1.52. The Morgan fingerprint density at radius 2 is 1.83 bits per heavy atom. The van der Waals surface area contributed by atoms with Crippen molar-refractivity contribution >= 4 is 23.2 Å². The molecule has 2 aromatic rings. The fourth-order valence-corrected chi connectivity index (χ4v) is 1.65. The zero-order valence-corrected chi connectivity index (χ0v) is 10.5. The standard InChI is InChI=1S/C14H11ClFNO/c1-9-8-10(2-7-13(9)16)14(18)17-12-5-3-11(15)4-6-12/h2-8H,1H3,(H,17,18). The maximum Gasteiger partial charge on any atom is 0.255 e. The molecule has 0 unspecified atom stereocenters. The van der Waals surface area contributed by atoms with Crippen molar-refractivity contribution in [2.24, 2.45) is 0 Å². The zero-order chi connectivity index (χ0) is 13.1. The predicted molar refractivity (Wildman–Crippen MR) is 70.5 cm³/mol. The van der Waals surface area contributed by atoms with Crippen molar-refractivity contribution in [3.05, 3.63) is 64.4 Å². The molecule has 1 amide bonds. The van der Waals surface area contributed by atoms with Crippen molar-refractivity contribution in [2.75, 3.05) is 5.32 Å². The monoisotopic (exact) mass is 263 g/mol. The van der Waals surface area contributed by atoms with Crippen LogP contribution in [0.2, 0.25) is 5.02 Å². The van der Waals surface area contributed by atoms with Gasteiger partial charge in [0.1, 0.15) is 5.82 Å². The average molecular weight is 264 g/mol. The van der Waals surface area contributed by atoms with E-state index >= 15 is 0 Å². The Morgan fingerprint density at radius 3 is 2.44 bits per heavy atom. The second kappa shape index (κ2) is 5.19. The van der Waals surface area contributed by atoms with E-state index in [1.807, 2.05) is 0 Å². The van der Waals surface area contributed by atoms with Gasteiger partial charge in [-0.1, -0.05) is 11.6 Å². The second-order valence-corrected chi connectivity index (χ2v) is 4.36. The van der Waals surface area contributed by atoms with Crippen LogP contribution in [0.1, 0.15) is 15.9 Å². The van der Waals surface area contributed by atoms with E-state index in [2.05, 4.69) is 5.32 Å². The highest BCUT2D eigenvalue weighted by Gasteiger charge is 2.07. The maximum absolute atomic E-state index is 13.1. The number of hydrogen-bond donors (Lipinski definition) is 1. The van der Waals surface area contributed by atoms with Gasteiger partial charge in [-0.15, -0.1) is 0 Å². The molecule has 2 rings (SSSR count). The normalized spacial score (nSPS) is 10.2. The first-order chi connectivity index (χ1) is 8.56. The zero-order valence-electron chi connectivity index (χ0n) is 9.71. The van der Waals surface area contributed by atoms with Crippen molar-refractivity contribution in [2.45, 2.75) is 6.92 Å². The lowest BCUT2D eigenvalue weighted by Gasteiger charge is -2.06. The molecular weight excluding hydrogens is 253 g/mol. The molecule has 0 spiro atoms. The molecule has 2 aromatic carbocycles. The SMILES string of the molecule is Cc1cc(C(=O)Nc2ccc(Cl)cc2)ccc1F. The topological polar surface area (TPSA) is 29.1 Å². The molecule has 1 N–H and O–H groups in total. The van der Waals surface area contributed by atoms with Gasteiger partial charge in [0.2, 0.25) is 0 Å². The summed E-state index contributed by atoms with van der Waals surface area (Å²) in [5.74, 6) is -0.599. The predicted octanol–water partition coefficient (Wildman–Crippen LogP) is 4.04. The van der Waals surface area contributed by atoms with Gasteiger partial charge < -0.3 is 5.32 Å². The number of benzene rings is 2. The first-order valence-corrected chi connectivity index (χ1v) is 5.77. The minimum atomic E-state index is -0.321. The molecule has 4 heteroatoms. The number of amides is 1. The molecule has 0 saturated carbocycles. The van der Waals surface area contributed by atoms with Crippen LogP contribution in [0.3, 0.4) is 0 Å². The van der Waals surface area contributed by atoms with E-state index in [0.717, 1.165) is 0 Å². The Morgan fingerprint density at radius 1 is 1.17 bits per heavy atom. The van der Waals surface area contributed by atoms with Gasteiger partial charge in [0.05, 0.1) is 0 Å². The molecule has 0 fully saturated rings. The summed E-state index contributed by atoms with van der Waals surface area (Å²) in [7, 11) is 0. The molecule has 0 radical (unpaired) electrons. The Labute approximate surface area is 109 Å². The van der Waals surface area contributed by atoms with Gasteiger partial charge in [-0.2, -0.15) is 0 Å². The molecule has 0 aliphatic heterocycles. The number of nitrogens with one attached hydrogen (secondary N) is 1. The minimum absolute atomic E-state index is 0.277. The first kappa shape index (κ1) is 12.6. The largest absolute Gasteiger partial charge is 0.322 e. The third-order valence-electron chi connectivity index (χ3n) is 2.52. The second-order valence-electron chi connectivity index (χ2n) is 3.92. The molecule has 0 bridgehead atoms. The number of carbonyl (C=O) groups excluding carboxylic acids is 1. The van der Waals surface area contributed by atoms with E-state index in [4.69, 9.17) is 11.6 Å². The highest BCUT2D eigenvalue weighted by atomic mass is 35.5. The molecule has 0 saturated heterocycles. The number of carbonyl (C=O) groups is 1. The van der Waals surface area contributed by atoms with E-state index < -0.39 is 0 Å². The summed E-state index contributed by atoms with van der Waals surface area (Å²) < 4.78 is 13.1. The summed E-state index contributed by atoms with van der Waals surface area (Å²) in [4.78, 5) is 11.9. The summed E-state index contributed by atoms with van der Waals surface area (Å²) in [5, 5.41) is 3.31. The molecular formula is C14H11ClFNO. The summed E-state index contributed by atoms with van der Waals surface area (Å²) in [6.07, 6.45) is 0. The molecule has 0 aliphatic carbocycles. The van der Waals surface area contributed by atoms with Gasteiger partial charge >= 0.3 is 0 Å². The van der Waals surface area contributed by atoms with Crippen LogP contribution in [-0.4, -0.2) is 5.91 Å². The van der Waals surface area contributed by atoms with Crippen LogP contribution >= 0.6 is 11.6 Å². The molecule has 92 valence electrons. The van der Waals surface area contributed by atoms with Crippen molar-refractivity contribution < 1.29 is 9.18 Å². The molecule has 18 heavy (non-hydrogen) atoms. The van der Waals surface area contributed by atoms with Crippen LogP contribution in [0, 0.1) is 12.7 Å². The van der Waals surface area contributed by atoms with Gasteiger partial charge in [0.25, 0.3) is 5.91 Å². The summed E-state index contributed by atoms with van der Waals surface area (Å²) in [6, 6.07) is 11.0. The Bertz CT molecular complexity index is 581. The van der Waals surface area contributed by atoms with E-state index in [-0.39, 0.29) is 11.7 Å². The van der Waals surface area contributed by atoms with E-state index in [1.165, 1.54) is 18.2 Å². The van der Waals surface area contributed by atoms with Crippen LogP contribution in [0.5, 0.6) is 0 Å². The Kier molecular flexibility index (Phi) is 3.63. The number of rotatable bonds is 2. The lowest BCUT2D eigenvalue weighted by Crippen LogP contribution is -2.12. The lowest BCUT2D eigenvalue weighted by atomic mass is 10.1. The summed E-state index contributed by atoms with van der Waals surface area (Å²) in [5.41, 5.74) is 1.51. The average Bonchev–Trinajstić information content (AvgIpc) is 2.35. The van der Waals surface area contributed by atoms with Crippen molar-refractivity contribution in [1.82, 2.24) is 0 Å². The smallest absolute Gasteiger partial charge is 0.255 e. The summed E-state index contributed by atoms with van der Waals surface area (Å²) >= 11 is 5.75. The minimum Gasteiger partial charge on any atom is -0.322 e. The van der Waals surface area contributed by atoms with Crippen molar-refractivity contribution in [3.8, 4) is 0 Å². The number of anilines is 1. The quantitative estimate of drug-likeness (QED) is 0.870. The van der Waals surface area contributed by atoms with Gasteiger partial charge in [0.15, 0.2) is 0 Å². The number of aryl methyl sites for hydroxylation is 1. The third-order valence-corrected chi connectivity index (χ3v) is 2.77. The third kappa shape index (κ3) is 2.87. The fraction of sp³-hybridized carbons (Fsp3) is 0.0714. The Hall–Kier alpha value is -1.87. The molecule has 0 aromatic heterocycles. The van der Waals surface area contributed by atoms with Crippen LogP contribution in [-0.2, 0) is 0 Å². The number of halogens is 2. The Balaban J connectivity index is 2.16. The van der Waals surface area contributed by atoms with E-state index in [9.17, 15) is 9.18 Å². The van der Waals surface area contributed by atoms with Crippen LogP contribution in [0.4, 0.5) is 10.1 Å². The molecule has 0 heterocycles. The van der Waals surface area contributed by atoms with Gasteiger partial charge in [-0.05, 0) is 55.0 Å². The molecule has 0 atom stereocenters.